The van der Waals surface area contributed by atoms with Crippen molar-refractivity contribution in [2.45, 2.75) is 25.2 Å². The Morgan fingerprint density at radius 2 is 1.96 bits per heavy atom. The van der Waals surface area contributed by atoms with E-state index in [0.29, 0.717) is 23.7 Å². The minimum absolute atomic E-state index is 0.188. The van der Waals surface area contributed by atoms with Crippen LogP contribution in [0.25, 0.3) is 10.9 Å². The molecule has 0 aliphatic heterocycles. The van der Waals surface area contributed by atoms with Crippen LogP contribution in [0.5, 0.6) is 5.75 Å². The van der Waals surface area contributed by atoms with Gasteiger partial charge in [0.1, 0.15) is 11.4 Å². The van der Waals surface area contributed by atoms with Crippen LogP contribution in [0.3, 0.4) is 0 Å². The predicted octanol–water partition coefficient (Wildman–Crippen LogP) is 2.66. The molecule has 1 saturated carbocycles. The number of carbonyl (C=O) groups is 2. The van der Waals surface area contributed by atoms with Gasteiger partial charge in [-0.2, -0.15) is 0 Å². The molecule has 1 aromatic heterocycles. The van der Waals surface area contributed by atoms with Gasteiger partial charge in [0.15, 0.2) is 0 Å². The quantitative estimate of drug-likeness (QED) is 0.797. The number of alkyl halides is 3. The Hall–Kier alpha value is -2.71. The molecule has 0 saturated heterocycles. The summed E-state index contributed by atoms with van der Waals surface area (Å²) < 4.78 is 40.5. The van der Waals surface area contributed by atoms with Crippen molar-refractivity contribution in [2.75, 3.05) is 0 Å². The number of carboxylic acid groups (broad SMARTS) is 1. The molecule has 1 fully saturated rings. The van der Waals surface area contributed by atoms with E-state index < -0.39 is 24.2 Å². The average Bonchev–Trinajstić information content (AvgIpc) is 2.83. The molecule has 0 unspecified atom stereocenters. The first kappa shape index (κ1) is 16.2. The number of amides is 1. The fourth-order valence-corrected chi connectivity index (χ4v) is 2.63. The number of fused-ring (bicyclic) bond motifs is 1. The van der Waals surface area contributed by atoms with Crippen LogP contribution in [0.15, 0.2) is 24.3 Å². The summed E-state index contributed by atoms with van der Waals surface area (Å²) in [5.41, 5.74) is 0.520. The van der Waals surface area contributed by atoms with Crippen molar-refractivity contribution in [3.63, 3.8) is 0 Å². The fourth-order valence-electron chi connectivity index (χ4n) is 2.63. The van der Waals surface area contributed by atoms with E-state index in [2.05, 4.69) is 15.0 Å². The number of benzene rings is 1. The maximum absolute atomic E-state index is 12.2. The second-order valence-electron chi connectivity index (χ2n) is 5.66. The normalized spacial score (nSPS) is 20.5. The topological polar surface area (TPSA) is 91.4 Å². The van der Waals surface area contributed by atoms with Crippen LogP contribution in [-0.4, -0.2) is 34.4 Å². The Bertz CT molecular complexity index is 794. The summed E-state index contributed by atoms with van der Waals surface area (Å²) in [6, 6.07) is 5.02. The largest absolute Gasteiger partial charge is 0.573 e. The van der Waals surface area contributed by atoms with Crippen molar-refractivity contribution in [3.8, 4) is 5.75 Å². The summed E-state index contributed by atoms with van der Waals surface area (Å²) in [6.45, 7) is 0. The number of nitrogens with one attached hydrogen (secondary N) is 2. The summed E-state index contributed by atoms with van der Waals surface area (Å²) in [5, 5.41) is 12.0. The minimum atomic E-state index is -4.79. The molecule has 24 heavy (non-hydrogen) atoms. The molecule has 0 bridgehead atoms. The van der Waals surface area contributed by atoms with Gasteiger partial charge < -0.3 is 20.1 Å². The first-order valence-corrected chi connectivity index (χ1v) is 7.13. The van der Waals surface area contributed by atoms with Gasteiger partial charge in [0.2, 0.25) is 0 Å². The molecule has 3 N–H and O–H groups in total. The van der Waals surface area contributed by atoms with Crippen LogP contribution in [-0.2, 0) is 4.79 Å². The number of rotatable bonds is 4. The van der Waals surface area contributed by atoms with Crippen molar-refractivity contribution in [1.29, 1.82) is 0 Å². The van der Waals surface area contributed by atoms with Crippen LogP contribution in [0, 0.1) is 5.92 Å². The molecule has 128 valence electrons. The van der Waals surface area contributed by atoms with E-state index in [-0.39, 0.29) is 17.5 Å². The molecule has 0 atom stereocenters. The van der Waals surface area contributed by atoms with Gasteiger partial charge in [-0.05, 0) is 31.0 Å². The van der Waals surface area contributed by atoms with E-state index in [4.69, 9.17) is 5.11 Å². The zero-order valence-corrected chi connectivity index (χ0v) is 12.2. The van der Waals surface area contributed by atoms with Gasteiger partial charge in [-0.25, -0.2) is 0 Å². The lowest BCUT2D eigenvalue weighted by Crippen LogP contribution is -2.46. The Balaban J connectivity index is 1.69. The second-order valence-corrected chi connectivity index (χ2v) is 5.66. The average molecular weight is 342 g/mol. The van der Waals surface area contributed by atoms with E-state index in [0.717, 1.165) is 12.1 Å². The number of H-pyrrole nitrogens is 1. The van der Waals surface area contributed by atoms with Gasteiger partial charge in [0.05, 0.1) is 5.92 Å². The Kier molecular flexibility index (Phi) is 3.86. The molecule has 2 aromatic rings. The summed E-state index contributed by atoms with van der Waals surface area (Å²) in [6.07, 6.45) is -4.05. The van der Waals surface area contributed by atoms with Gasteiger partial charge in [-0.1, -0.05) is 0 Å². The van der Waals surface area contributed by atoms with E-state index in [1.807, 2.05) is 0 Å². The highest BCUT2D eigenvalue weighted by Gasteiger charge is 2.35. The van der Waals surface area contributed by atoms with Crippen molar-refractivity contribution in [3.05, 3.63) is 30.0 Å². The SMILES string of the molecule is O=C(NC1CC(C(=O)O)C1)c1cc2ccc(OC(F)(F)F)cc2[nH]1. The highest BCUT2D eigenvalue weighted by atomic mass is 19.4. The third kappa shape index (κ3) is 3.44. The summed E-state index contributed by atoms with van der Waals surface area (Å²) in [4.78, 5) is 25.6. The lowest BCUT2D eigenvalue weighted by atomic mass is 9.80. The monoisotopic (exact) mass is 342 g/mol. The molecule has 1 aromatic carbocycles. The van der Waals surface area contributed by atoms with E-state index >= 15 is 0 Å². The van der Waals surface area contributed by atoms with Crippen molar-refractivity contribution < 1.29 is 32.6 Å². The van der Waals surface area contributed by atoms with Crippen LogP contribution < -0.4 is 10.1 Å². The molecule has 1 aliphatic carbocycles. The van der Waals surface area contributed by atoms with Crippen LogP contribution >= 0.6 is 0 Å². The molecule has 9 heteroatoms. The van der Waals surface area contributed by atoms with Gasteiger partial charge in [0.25, 0.3) is 5.91 Å². The molecular weight excluding hydrogens is 329 g/mol. The lowest BCUT2D eigenvalue weighted by molar-refractivity contribution is -0.274. The fraction of sp³-hybridized carbons (Fsp3) is 0.333. The summed E-state index contributed by atoms with van der Waals surface area (Å²) in [7, 11) is 0. The molecule has 1 aliphatic rings. The molecule has 0 radical (unpaired) electrons. The van der Waals surface area contributed by atoms with Crippen LogP contribution in [0.1, 0.15) is 23.3 Å². The van der Waals surface area contributed by atoms with Gasteiger partial charge in [0, 0.05) is 23.0 Å². The lowest BCUT2D eigenvalue weighted by Gasteiger charge is -2.32. The summed E-state index contributed by atoms with van der Waals surface area (Å²) in [5.74, 6) is -2.14. The second kappa shape index (κ2) is 5.73. The number of carboxylic acids is 1. The van der Waals surface area contributed by atoms with Gasteiger partial charge >= 0.3 is 12.3 Å². The molecular formula is C15H13F3N2O4. The Morgan fingerprint density at radius 1 is 1.25 bits per heavy atom. The van der Waals surface area contributed by atoms with E-state index in [1.54, 1.807) is 0 Å². The molecule has 3 rings (SSSR count). The Labute approximate surface area is 133 Å². The van der Waals surface area contributed by atoms with Crippen molar-refractivity contribution >= 4 is 22.8 Å². The number of ether oxygens (including phenoxy) is 1. The first-order valence-electron chi connectivity index (χ1n) is 7.13. The van der Waals surface area contributed by atoms with Gasteiger partial charge in [-0.15, -0.1) is 13.2 Å². The van der Waals surface area contributed by atoms with Crippen LogP contribution in [0.4, 0.5) is 13.2 Å². The highest BCUT2D eigenvalue weighted by Crippen LogP contribution is 2.29. The maximum atomic E-state index is 12.2. The number of halogens is 3. The minimum Gasteiger partial charge on any atom is -0.481 e. The predicted molar refractivity (Wildman–Crippen MR) is 76.6 cm³/mol. The van der Waals surface area contributed by atoms with E-state index in [1.165, 1.54) is 12.1 Å². The zero-order chi connectivity index (χ0) is 17.5. The number of hydrogen-bond donors (Lipinski definition) is 3. The number of carbonyl (C=O) groups excluding carboxylic acids is 1. The molecule has 1 amide bonds. The van der Waals surface area contributed by atoms with Gasteiger partial charge in [-0.3, -0.25) is 9.59 Å². The third-order valence-electron chi connectivity index (χ3n) is 3.89. The first-order chi connectivity index (χ1) is 11.2. The molecule has 1 heterocycles. The number of hydrogen-bond acceptors (Lipinski definition) is 3. The zero-order valence-electron chi connectivity index (χ0n) is 12.2. The smallest absolute Gasteiger partial charge is 0.481 e. The Morgan fingerprint density at radius 3 is 2.58 bits per heavy atom. The highest BCUT2D eigenvalue weighted by molar-refractivity contribution is 5.98. The van der Waals surface area contributed by atoms with Crippen molar-refractivity contribution in [2.24, 2.45) is 5.92 Å². The standard InChI is InChI=1S/C15H13F3N2O4/c16-15(17,18)24-10-2-1-7-5-12(20-11(7)6-10)13(21)19-9-3-8(4-9)14(22)23/h1-2,5-6,8-9,20H,3-4H2,(H,19,21)(H,22,23). The van der Waals surface area contributed by atoms with E-state index in [9.17, 15) is 22.8 Å². The molecule has 0 spiro atoms. The number of aromatic nitrogens is 1. The third-order valence-corrected chi connectivity index (χ3v) is 3.89. The summed E-state index contributed by atoms with van der Waals surface area (Å²) >= 11 is 0. The van der Waals surface area contributed by atoms with Crippen molar-refractivity contribution in [1.82, 2.24) is 10.3 Å². The molecule has 6 nitrogen and oxygen atoms in total. The number of aliphatic carboxylic acids is 1. The van der Waals surface area contributed by atoms with Crippen LogP contribution in [0.2, 0.25) is 0 Å². The maximum Gasteiger partial charge on any atom is 0.573 e. The number of aromatic amines is 1.